The first kappa shape index (κ1) is 13.0. The van der Waals surface area contributed by atoms with Gasteiger partial charge in [-0.2, -0.15) is 0 Å². The Bertz CT molecular complexity index is 620. The molecule has 2 N–H and O–H groups in total. The molecule has 3 rings (SSSR count). The zero-order chi connectivity index (χ0) is 14.1. The second-order valence-electron chi connectivity index (χ2n) is 4.95. The lowest BCUT2D eigenvalue weighted by molar-refractivity contribution is 0.0731. The average molecular weight is 289 g/mol. The van der Waals surface area contributed by atoms with Crippen LogP contribution in [0.5, 0.6) is 11.5 Å². The minimum atomic E-state index is -0.261. The van der Waals surface area contributed by atoms with Gasteiger partial charge in [0.05, 0.1) is 6.54 Å². The summed E-state index contributed by atoms with van der Waals surface area (Å²) in [6, 6.07) is 8.49. The summed E-state index contributed by atoms with van der Waals surface area (Å²) in [4.78, 5) is 15.5. The maximum Gasteiger partial charge on any atom is 0.254 e. The first-order chi connectivity index (χ1) is 9.65. The van der Waals surface area contributed by atoms with Gasteiger partial charge in [0.1, 0.15) is 0 Å². The second-order valence-corrected chi connectivity index (χ2v) is 5.98. The Kier molecular flexibility index (Phi) is 3.36. The summed E-state index contributed by atoms with van der Waals surface area (Å²) in [7, 11) is 0. The number of phenolic OH excluding ortho intramolecular Hbond substituents is 2. The second kappa shape index (κ2) is 5.17. The number of phenols is 2. The Morgan fingerprint density at radius 3 is 2.65 bits per heavy atom. The Morgan fingerprint density at radius 2 is 2.05 bits per heavy atom. The largest absolute Gasteiger partial charge is 0.504 e. The fourth-order valence-electron chi connectivity index (χ4n) is 2.15. The SMILES string of the molecule is O=C(c1ccc(O)c(O)c1)N(Cc1cccs1)C1CC1. The molecule has 1 aliphatic rings. The summed E-state index contributed by atoms with van der Waals surface area (Å²) in [5.41, 5.74) is 0.406. The molecular weight excluding hydrogens is 274 g/mol. The van der Waals surface area contributed by atoms with E-state index >= 15 is 0 Å². The van der Waals surface area contributed by atoms with Crippen molar-refractivity contribution in [2.75, 3.05) is 0 Å². The van der Waals surface area contributed by atoms with Crippen molar-refractivity contribution in [3.63, 3.8) is 0 Å². The molecule has 0 spiro atoms. The van der Waals surface area contributed by atoms with Gasteiger partial charge >= 0.3 is 0 Å². The van der Waals surface area contributed by atoms with E-state index in [1.807, 2.05) is 22.4 Å². The van der Waals surface area contributed by atoms with Crippen molar-refractivity contribution in [1.29, 1.82) is 0 Å². The van der Waals surface area contributed by atoms with Crippen LogP contribution in [0.4, 0.5) is 0 Å². The van der Waals surface area contributed by atoms with Gasteiger partial charge in [0.15, 0.2) is 11.5 Å². The molecule has 20 heavy (non-hydrogen) atoms. The smallest absolute Gasteiger partial charge is 0.254 e. The molecule has 1 heterocycles. The molecule has 1 aromatic heterocycles. The topological polar surface area (TPSA) is 60.8 Å². The average Bonchev–Trinajstić information content (AvgIpc) is 3.15. The number of nitrogens with zero attached hydrogens (tertiary/aromatic N) is 1. The number of amides is 1. The number of benzene rings is 1. The standard InChI is InChI=1S/C15H15NO3S/c17-13-6-3-10(8-14(13)18)15(19)16(11-4-5-11)9-12-2-1-7-20-12/h1-3,6-8,11,17-18H,4-5,9H2. The van der Waals surface area contributed by atoms with E-state index in [0.29, 0.717) is 18.2 Å². The molecule has 0 aliphatic heterocycles. The molecule has 0 atom stereocenters. The van der Waals surface area contributed by atoms with Crippen molar-refractivity contribution in [3.05, 3.63) is 46.2 Å². The summed E-state index contributed by atoms with van der Waals surface area (Å²) < 4.78 is 0. The molecule has 5 heteroatoms. The molecule has 1 saturated carbocycles. The highest BCUT2D eigenvalue weighted by atomic mass is 32.1. The Hall–Kier alpha value is -2.01. The number of thiophene rings is 1. The van der Waals surface area contributed by atoms with Crippen molar-refractivity contribution in [1.82, 2.24) is 4.90 Å². The van der Waals surface area contributed by atoms with Crippen LogP contribution in [-0.4, -0.2) is 27.1 Å². The molecule has 1 amide bonds. The molecule has 104 valence electrons. The Labute approximate surface area is 120 Å². The number of hydrogen-bond donors (Lipinski definition) is 2. The van der Waals surface area contributed by atoms with E-state index in [1.165, 1.54) is 12.1 Å². The van der Waals surface area contributed by atoms with Crippen LogP contribution in [0.1, 0.15) is 28.1 Å². The van der Waals surface area contributed by atoms with E-state index in [9.17, 15) is 15.0 Å². The molecular formula is C15H15NO3S. The quantitative estimate of drug-likeness (QED) is 0.851. The lowest BCUT2D eigenvalue weighted by atomic mass is 10.1. The van der Waals surface area contributed by atoms with E-state index in [-0.39, 0.29) is 17.4 Å². The lowest BCUT2D eigenvalue weighted by Crippen LogP contribution is -2.32. The number of aromatic hydroxyl groups is 2. The minimum absolute atomic E-state index is 0.101. The third-order valence-corrected chi connectivity index (χ3v) is 4.24. The maximum absolute atomic E-state index is 12.6. The monoisotopic (exact) mass is 289 g/mol. The fourth-order valence-corrected chi connectivity index (χ4v) is 2.85. The summed E-state index contributed by atoms with van der Waals surface area (Å²) in [6.45, 7) is 0.600. The van der Waals surface area contributed by atoms with Crippen molar-refractivity contribution in [3.8, 4) is 11.5 Å². The normalized spacial score (nSPS) is 14.2. The highest BCUT2D eigenvalue weighted by Crippen LogP contribution is 2.32. The molecule has 1 aliphatic carbocycles. The van der Waals surface area contributed by atoms with Crippen LogP contribution < -0.4 is 0 Å². The molecule has 0 bridgehead atoms. The third-order valence-electron chi connectivity index (χ3n) is 3.38. The summed E-state index contributed by atoms with van der Waals surface area (Å²) in [5, 5.41) is 20.8. The van der Waals surface area contributed by atoms with E-state index < -0.39 is 0 Å². The summed E-state index contributed by atoms with van der Waals surface area (Å²) >= 11 is 1.63. The van der Waals surface area contributed by atoms with Gasteiger partial charge in [-0.15, -0.1) is 11.3 Å². The van der Waals surface area contributed by atoms with Gasteiger partial charge in [0.25, 0.3) is 5.91 Å². The van der Waals surface area contributed by atoms with Crippen LogP contribution in [0.3, 0.4) is 0 Å². The van der Waals surface area contributed by atoms with E-state index in [2.05, 4.69) is 0 Å². The van der Waals surface area contributed by atoms with Crippen LogP contribution >= 0.6 is 11.3 Å². The van der Waals surface area contributed by atoms with Gasteiger partial charge in [0.2, 0.25) is 0 Å². The zero-order valence-corrected chi connectivity index (χ0v) is 11.6. The van der Waals surface area contributed by atoms with Gasteiger partial charge in [-0.1, -0.05) is 6.07 Å². The predicted octanol–water partition coefficient (Wildman–Crippen LogP) is 2.96. The fraction of sp³-hybridized carbons (Fsp3) is 0.267. The highest BCUT2D eigenvalue weighted by molar-refractivity contribution is 7.09. The molecule has 0 unspecified atom stereocenters. The number of carbonyl (C=O) groups is 1. The highest BCUT2D eigenvalue weighted by Gasteiger charge is 2.33. The van der Waals surface area contributed by atoms with Gasteiger partial charge in [-0.25, -0.2) is 0 Å². The van der Waals surface area contributed by atoms with E-state index in [0.717, 1.165) is 17.7 Å². The maximum atomic E-state index is 12.6. The molecule has 1 aromatic carbocycles. The van der Waals surface area contributed by atoms with E-state index in [4.69, 9.17) is 0 Å². The van der Waals surface area contributed by atoms with E-state index in [1.54, 1.807) is 17.4 Å². The molecule has 4 nitrogen and oxygen atoms in total. The van der Waals surface area contributed by atoms with Crippen LogP contribution in [0.15, 0.2) is 35.7 Å². The zero-order valence-electron chi connectivity index (χ0n) is 10.8. The first-order valence-corrected chi connectivity index (χ1v) is 7.38. The van der Waals surface area contributed by atoms with Gasteiger partial charge in [-0.3, -0.25) is 4.79 Å². The molecule has 2 aromatic rings. The van der Waals surface area contributed by atoms with Crippen LogP contribution in [0, 0.1) is 0 Å². The Morgan fingerprint density at radius 1 is 1.25 bits per heavy atom. The minimum Gasteiger partial charge on any atom is -0.504 e. The molecule has 0 radical (unpaired) electrons. The molecule has 0 saturated heterocycles. The van der Waals surface area contributed by atoms with Crippen molar-refractivity contribution >= 4 is 17.2 Å². The lowest BCUT2D eigenvalue weighted by Gasteiger charge is -2.22. The van der Waals surface area contributed by atoms with Gasteiger partial charge < -0.3 is 15.1 Å². The number of carbonyl (C=O) groups excluding carboxylic acids is 1. The van der Waals surface area contributed by atoms with Crippen LogP contribution in [0.25, 0.3) is 0 Å². The summed E-state index contributed by atoms with van der Waals surface area (Å²) in [6.07, 6.45) is 2.06. The van der Waals surface area contributed by atoms with Gasteiger partial charge in [-0.05, 0) is 42.5 Å². The van der Waals surface area contributed by atoms with Crippen LogP contribution in [-0.2, 0) is 6.54 Å². The van der Waals surface area contributed by atoms with Crippen molar-refractivity contribution in [2.45, 2.75) is 25.4 Å². The summed E-state index contributed by atoms with van der Waals surface area (Å²) in [5.74, 6) is -0.573. The Balaban J connectivity index is 1.83. The van der Waals surface area contributed by atoms with Gasteiger partial charge in [0, 0.05) is 16.5 Å². The van der Waals surface area contributed by atoms with Crippen molar-refractivity contribution < 1.29 is 15.0 Å². The van der Waals surface area contributed by atoms with Crippen LogP contribution in [0.2, 0.25) is 0 Å². The third kappa shape index (κ3) is 2.63. The van der Waals surface area contributed by atoms with Crippen molar-refractivity contribution in [2.24, 2.45) is 0 Å². The number of rotatable bonds is 4. The predicted molar refractivity (Wildman–Crippen MR) is 77.0 cm³/mol. The first-order valence-electron chi connectivity index (χ1n) is 6.50. The molecule has 1 fully saturated rings. The number of hydrogen-bond acceptors (Lipinski definition) is 4.